The van der Waals surface area contributed by atoms with E-state index in [0.717, 1.165) is 29.0 Å². The van der Waals surface area contributed by atoms with Crippen molar-refractivity contribution in [3.8, 4) is 11.6 Å². The fraction of sp³-hybridized carbons (Fsp3) is 0.500. The molecule has 160 valence electrons. The molecule has 1 aromatic heterocycles. The molecule has 2 rings (SSSR count). The van der Waals surface area contributed by atoms with Crippen LogP contribution in [0, 0.1) is 0 Å². The molecule has 0 fully saturated rings. The minimum absolute atomic E-state index is 0.0100. The minimum atomic E-state index is -0.204. The zero-order valence-corrected chi connectivity index (χ0v) is 17.4. The number of aryl methyl sites for hydroxylation is 2. The molecule has 0 aliphatic heterocycles. The average molecular weight is 405 g/mol. The van der Waals surface area contributed by atoms with Crippen LogP contribution >= 0.6 is 0 Å². The third-order valence-corrected chi connectivity index (χ3v) is 4.61. The molecule has 0 spiro atoms. The number of H-pyrrole nitrogens is 1. The van der Waals surface area contributed by atoms with Gasteiger partial charge in [0, 0.05) is 31.5 Å². The second kappa shape index (κ2) is 12.3. The van der Waals surface area contributed by atoms with Gasteiger partial charge >= 0.3 is 0 Å². The number of pyridine rings is 1. The molecule has 0 aliphatic carbocycles. The molecule has 0 amide bonds. The molecule has 2 N–H and O–H groups in total. The Bertz CT molecular complexity index is 787. The van der Waals surface area contributed by atoms with Crippen molar-refractivity contribution in [2.24, 2.45) is 0 Å². The van der Waals surface area contributed by atoms with Crippen molar-refractivity contribution in [1.82, 2.24) is 4.98 Å². The number of aliphatic hydroxyl groups excluding tert-OH is 1. The van der Waals surface area contributed by atoms with Crippen molar-refractivity contribution in [2.45, 2.75) is 32.3 Å². The standard InChI is InChI=1S/C22H31NO6/c1-4-19-20(10-7-16-5-8-17(9-6-16)28-12-11-24)23-22(13-21(19)25)29-15-18(27-3)14-26-2/h5-6,8-9,13,18,24H,4,7,10-12,14-15H2,1-3H3,(H,23,25). The first kappa shape index (κ1) is 22.9. The second-order valence-corrected chi connectivity index (χ2v) is 6.65. The molecule has 1 atom stereocenters. The molecule has 1 heterocycles. The van der Waals surface area contributed by atoms with Crippen LogP contribution in [0.3, 0.4) is 0 Å². The number of benzene rings is 1. The molecule has 2 aromatic rings. The Hall–Kier alpha value is -2.35. The Morgan fingerprint density at radius 1 is 1.07 bits per heavy atom. The van der Waals surface area contributed by atoms with Gasteiger partial charge in [0.15, 0.2) is 11.3 Å². The van der Waals surface area contributed by atoms with Crippen molar-refractivity contribution in [1.29, 1.82) is 0 Å². The van der Waals surface area contributed by atoms with E-state index in [9.17, 15) is 4.79 Å². The van der Waals surface area contributed by atoms with Gasteiger partial charge in [-0.25, -0.2) is 0 Å². The van der Waals surface area contributed by atoms with Crippen molar-refractivity contribution in [3.05, 3.63) is 57.4 Å². The van der Waals surface area contributed by atoms with Gasteiger partial charge in [0.1, 0.15) is 25.1 Å². The van der Waals surface area contributed by atoms with Crippen molar-refractivity contribution in [3.63, 3.8) is 0 Å². The molecular formula is C22H31NO6. The van der Waals surface area contributed by atoms with E-state index in [1.807, 2.05) is 31.2 Å². The van der Waals surface area contributed by atoms with E-state index < -0.39 is 0 Å². The summed E-state index contributed by atoms with van der Waals surface area (Å²) in [4.78, 5) is 15.8. The first-order valence-corrected chi connectivity index (χ1v) is 9.83. The van der Waals surface area contributed by atoms with E-state index in [-0.39, 0.29) is 24.7 Å². The first-order chi connectivity index (χ1) is 14.1. The quantitative estimate of drug-likeness (QED) is 0.531. The van der Waals surface area contributed by atoms with E-state index in [1.165, 1.54) is 6.07 Å². The SMILES string of the molecule is CCc1c(CCc2ccc(OCCO)cc2)[nH]c(OCC(COC)OC)cc1=O. The van der Waals surface area contributed by atoms with Gasteiger partial charge in [0.25, 0.3) is 0 Å². The van der Waals surface area contributed by atoms with Crippen LogP contribution in [0.4, 0.5) is 0 Å². The van der Waals surface area contributed by atoms with Crippen LogP contribution in [0.5, 0.6) is 11.6 Å². The maximum atomic E-state index is 12.5. The van der Waals surface area contributed by atoms with E-state index in [1.54, 1.807) is 14.2 Å². The fourth-order valence-corrected chi connectivity index (χ4v) is 3.03. The number of aliphatic hydroxyl groups is 1. The lowest BCUT2D eigenvalue weighted by Gasteiger charge is -2.16. The van der Waals surface area contributed by atoms with Gasteiger partial charge in [0.2, 0.25) is 0 Å². The average Bonchev–Trinajstić information content (AvgIpc) is 2.74. The lowest BCUT2D eigenvalue weighted by Crippen LogP contribution is -2.26. The number of nitrogens with one attached hydrogen (secondary N) is 1. The molecule has 0 aliphatic rings. The normalized spacial score (nSPS) is 12.0. The van der Waals surface area contributed by atoms with Gasteiger partial charge in [0.05, 0.1) is 13.2 Å². The van der Waals surface area contributed by atoms with E-state index >= 15 is 0 Å². The highest BCUT2D eigenvalue weighted by Crippen LogP contribution is 2.16. The molecular weight excluding hydrogens is 374 g/mol. The summed E-state index contributed by atoms with van der Waals surface area (Å²) in [5.74, 6) is 1.16. The molecule has 29 heavy (non-hydrogen) atoms. The van der Waals surface area contributed by atoms with Crippen LogP contribution in [0.2, 0.25) is 0 Å². The molecule has 0 saturated heterocycles. The minimum Gasteiger partial charge on any atom is -0.491 e. The predicted octanol–water partition coefficient (Wildman–Crippen LogP) is 2.13. The highest BCUT2D eigenvalue weighted by Gasteiger charge is 2.12. The Balaban J connectivity index is 2.06. The van der Waals surface area contributed by atoms with Crippen LogP contribution in [0.1, 0.15) is 23.7 Å². The lowest BCUT2D eigenvalue weighted by molar-refractivity contribution is -0.0000986. The summed E-state index contributed by atoms with van der Waals surface area (Å²) in [5.41, 5.74) is 2.77. The maximum Gasteiger partial charge on any atom is 0.194 e. The van der Waals surface area contributed by atoms with Crippen LogP contribution in [0.15, 0.2) is 35.1 Å². The van der Waals surface area contributed by atoms with E-state index in [4.69, 9.17) is 24.1 Å². The Morgan fingerprint density at radius 2 is 1.83 bits per heavy atom. The van der Waals surface area contributed by atoms with Gasteiger partial charge in [-0.15, -0.1) is 0 Å². The predicted molar refractivity (Wildman–Crippen MR) is 111 cm³/mol. The third kappa shape index (κ3) is 7.20. The van der Waals surface area contributed by atoms with Gasteiger partial charge in [-0.3, -0.25) is 4.79 Å². The Labute approximate surface area is 171 Å². The molecule has 1 aromatic carbocycles. The van der Waals surface area contributed by atoms with Gasteiger partial charge in [-0.2, -0.15) is 0 Å². The van der Waals surface area contributed by atoms with Gasteiger partial charge < -0.3 is 29.0 Å². The van der Waals surface area contributed by atoms with Crippen molar-refractivity contribution >= 4 is 0 Å². The number of rotatable bonds is 13. The fourth-order valence-electron chi connectivity index (χ4n) is 3.03. The molecule has 0 bridgehead atoms. The molecule has 0 radical (unpaired) electrons. The van der Waals surface area contributed by atoms with Gasteiger partial charge in [-0.05, 0) is 37.0 Å². The summed E-state index contributed by atoms with van der Waals surface area (Å²) in [5, 5.41) is 8.82. The maximum absolute atomic E-state index is 12.5. The Morgan fingerprint density at radius 3 is 2.45 bits per heavy atom. The largest absolute Gasteiger partial charge is 0.491 e. The number of methoxy groups -OCH3 is 2. The lowest BCUT2D eigenvalue weighted by atomic mass is 10.0. The van der Waals surface area contributed by atoms with Crippen LogP contribution < -0.4 is 14.9 Å². The molecule has 7 heteroatoms. The third-order valence-electron chi connectivity index (χ3n) is 4.61. The number of ether oxygens (including phenoxy) is 4. The highest BCUT2D eigenvalue weighted by atomic mass is 16.6. The van der Waals surface area contributed by atoms with Gasteiger partial charge in [-0.1, -0.05) is 19.1 Å². The topological polar surface area (TPSA) is 90.0 Å². The number of hydrogen-bond donors (Lipinski definition) is 2. The van der Waals surface area contributed by atoms with Crippen LogP contribution in [0.25, 0.3) is 0 Å². The first-order valence-electron chi connectivity index (χ1n) is 9.83. The Kier molecular flexibility index (Phi) is 9.70. The van der Waals surface area contributed by atoms with E-state index in [2.05, 4.69) is 4.98 Å². The summed E-state index contributed by atoms with van der Waals surface area (Å²) in [6, 6.07) is 9.24. The summed E-state index contributed by atoms with van der Waals surface area (Å²) in [6.07, 6.45) is 1.92. The number of aromatic amines is 1. The number of aromatic nitrogens is 1. The summed E-state index contributed by atoms with van der Waals surface area (Å²) >= 11 is 0. The van der Waals surface area contributed by atoms with Crippen LogP contribution in [-0.4, -0.2) is 56.8 Å². The van der Waals surface area contributed by atoms with Crippen molar-refractivity contribution in [2.75, 3.05) is 40.6 Å². The molecule has 0 saturated carbocycles. The van der Waals surface area contributed by atoms with Crippen LogP contribution in [-0.2, 0) is 28.7 Å². The second-order valence-electron chi connectivity index (χ2n) is 6.65. The molecule has 1 unspecified atom stereocenters. The zero-order valence-electron chi connectivity index (χ0n) is 17.4. The zero-order chi connectivity index (χ0) is 21.1. The molecule has 7 nitrogen and oxygen atoms in total. The van der Waals surface area contributed by atoms with Crippen molar-refractivity contribution < 1.29 is 24.1 Å². The smallest absolute Gasteiger partial charge is 0.194 e. The summed E-state index contributed by atoms with van der Waals surface area (Å²) in [7, 11) is 3.20. The summed E-state index contributed by atoms with van der Waals surface area (Å²) < 4.78 is 21.5. The highest BCUT2D eigenvalue weighted by molar-refractivity contribution is 5.30. The van der Waals surface area contributed by atoms with E-state index in [0.29, 0.717) is 31.9 Å². The summed E-state index contributed by atoms with van der Waals surface area (Å²) in [6.45, 7) is 2.95. The monoisotopic (exact) mass is 405 g/mol. The number of hydrogen-bond acceptors (Lipinski definition) is 6.